The summed E-state index contributed by atoms with van der Waals surface area (Å²) in [5, 5.41) is 3.28. The highest BCUT2D eigenvalue weighted by Crippen LogP contribution is 2.38. The molecule has 0 spiro atoms. The monoisotopic (exact) mass is 238 g/mol. The Hall–Kier alpha value is -0.740. The Morgan fingerprint density at radius 3 is 2.65 bits per heavy atom. The number of carbonyl (C=O) groups is 2. The van der Waals surface area contributed by atoms with Crippen molar-refractivity contribution in [3.8, 4) is 0 Å². The summed E-state index contributed by atoms with van der Waals surface area (Å²) in [6, 6.07) is 0. The maximum atomic E-state index is 12.1. The Labute approximate surface area is 103 Å². The van der Waals surface area contributed by atoms with Gasteiger partial charge in [0.05, 0.1) is 5.54 Å². The lowest BCUT2D eigenvalue weighted by Gasteiger charge is -2.44. The van der Waals surface area contributed by atoms with E-state index in [1.165, 1.54) is 0 Å². The average molecular weight is 238 g/mol. The van der Waals surface area contributed by atoms with Crippen molar-refractivity contribution in [1.82, 2.24) is 10.2 Å². The van der Waals surface area contributed by atoms with Gasteiger partial charge in [-0.15, -0.1) is 0 Å². The van der Waals surface area contributed by atoms with Crippen LogP contribution in [-0.2, 0) is 9.59 Å². The number of carbonyl (C=O) groups excluding carboxylic acids is 2. The summed E-state index contributed by atoms with van der Waals surface area (Å²) in [5.41, 5.74) is -0.377. The van der Waals surface area contributed by atoms with Crippen LogP contribution < -0.4 is 5.32 Å². The summed E-state index contributed by atoms with van der Waals surface area (Å²) in [6.45, 7) is 5.98. The fraction of sp³-hybridized carbons (Fsp3) is 0.846. The number of hydrogen-bond acceptors (Lipinski definition) is 4. The van der Waals surface area contributed by atoms with Gasteiger partial charge in [0.1, 0.15) is 11.6 Å². The van der Waals surface area contributed by atoms with Crippen molar-refractivity contribution in [2.24, 2.45) is 5.92 Å². The van der Waals surface area contributed by atoms with E-state index in [9.17, 15) is 9.59 Å². The lowest BCUT2D eigenvalue weighted by Crippen LogP contribution is -2.56. The minimum absolute atomic E-state index is 0.0771. The highest BCUT2D eigenvalue weighted by Gasteiger charge is 2.46. The van der Waals surface area contributed by atoms with Crippen LogP contribution in [0.4, 0.5) is 0 Å². The summed E-state index contributed by atoms with van der Waals surface area (Å²) >= 11 is 0. The van der Waals surface area contributed by atoms with E-state index in [1.54, 1.807) is 13.8 Å². The van der Waals surface area contributed by atoms with E-state index < -0.39 is 0 Å². The first-order chi connectivity index (χ1) is 8.06. The van der Waals surface area contributed by atoms with E-state index in [0.717, 1.165) is 45.4 Å². The second kappa shape index (κ2) is 4.86. The molecule has 4 heteroatoms. The van der Waals surface area contributed by atoms with Gasteiger partial charge in [-0.25, -0.2) is 0 Å². The third-order valence-corrected chi connectivity index (χ3v) is 4.42. The Morgan fingerprint density at radius 1 is 1.35 bits per heavy atom. The van der Waals surface area contributed by atoms with Crippen molar-refractivity contribution >= 4 is 11.6 Å². The zero-order valence-electron chi connectivity index (χ0n) is 10.8. The number of Topliss-reactive ketones (excluding diaryl/α,β-unsaturated/α-hetero) is 2. The third-order valence-electron chi connectivity index (χ3n) is 4.42. The molecule has 0 radical (unpaired) electrons. The van der Waals surface area contributed by atoms with Crippen LogP contribution in [-0.4, -0.2) is 41.8 Å². The Bertz CT molecular complexity index is 323. The molecule has 0 aromatic rings. The fourth-order valence-corrected chi connectivity index (χ4v) is 3.30. The number of ketones is 2. The van der Waals surface area contributed by atoms with Crippen LogP contribution in [0.5, 0.6) is 0 Å². The summed E-state index contributed by atoms with van der Waals surface area (Å²) < 4.78 is 0. The molecule has 0 bridgehead atoms. The minimum Gasteiger partial charge on any atom is -0.303 e. The molecule has 0 aromatic carbocycles. The quantitative estimate of drug-likeness (QED) is 0.795. The molecule has 0 amide bonds. The molecule has 2 aliphatic rings. The van der Waals surface area contributed by atoms with E-state index >= 15 is 0 Å². The van der Waals surface area contributed by atoms with E-state index in [1.807, 2.05) is 0 Å². The first-order valence-electron chi connectivity index (χ1n) is 6.53. The summed E-state index contributed by atoms with van der Waals surface area (Å²) in [7, 11) is 0. The molecule has 17 heavy (non-hydrogen) atoms. The smallest absolute Gasteiger partial charge is 0.150 e. The summed E-state index contributed by atoms with van der Waals surface area (Å²) in [4.78, 5) is 25.9. The standard InChI is InChI=1S/C13H22N2O2/c1-10(16)12-4-3-5-13(8-12,11(2)17)15-7-6-14-9-15/h12,14H,3-9H2,1-2H3. The van der Waals surface area contributed by atoms with Gasteiger partial charge in [0, 0.05) is 25.7 Å². The zero-order chi connectivity index (χ0) is 12.5. The Kier molecular flexibility index (Phi) is 3.64. The first-order valence-corrected chi connectivity index (χ1v) is 6.53. The van der Waals surface area contributed by atoms with Gasteiger partial charge in [-0.2, -0.15) is 0 Å². The molecule has 96 valence electrons. The lowest BCUT2D eigenvalue weighted by atomic mass is 9.71. The SMILES string of the molecule is CC(=O)C1CCCC(C(C)=O)(N2CCNC2)C1. The van der Waals surface area contributed by atoms with Gasteiger partial charge in [-0.1, -0.05) is 6.42 Å². The van der Waals surface area contributed by atoms with Crippen LogP contribution in [0.25, 0.3) is 0 Å². The van der Waals surface area contributed by atoms with Gasteiger partial charge in [0.25, 0.3) is 0 Å². The molecule has 1 aliphatic heterocycles. The van der Waals surface area contributed by atoms with E-state index in [2.05, 4.69) is 10.2 Å². The normalized spacial score (nSPS) is 34.8. The second-order valence-electron chi connectivity index (χ2n) is 5.41. The largest absolute Gasteiger partial charge is 0.303 e. The van der Waals surface area contributed by atoms with Crippen LogP contribution in [0.2, 0.25) is 0 Å². The first kappa shape index (κ1) is 12.7. The van der Waals surface area contributed by atoms with Gasteiger partial charge in [0.2, 0.25) is 0 Å². The molecule has 1 aliphatic carbocycles. The van der Waals surface area contributed by atoms with E-state index in [4.69, 9.17) is 0 Å². The lowest BCUT2D eigenvalue weighted by molar-refractivity contribution is -0.134. The topological polar surface area (TPSA) is 49.4 Å². The molecule has 1 N–H and O–H groups in total. The van der Waals surface area contributed by atoms with Crippen LogP contribution in [0.3, 0.4) is 0 Å². The van der Waals surface area contributed by atoms with E-state index in [0.29, 0.717) is 0 Å². The predicted octanol–water partition coefficient (Wildman–Crippen LogP) is 0.956. The number of hydrogen-bond donors (Lipinski definition) is 1. The van der Waals surface area contributed by atoms with Gasteiger partial charge in [-0.05, 0) is 33.1 Å². The highest BCUT2D eigenvalue weighted by molar-refractivity contribution is 5.88. The van der Waals surface area contributed by atoms with Crippen molar-refractivity contribution in [2.75, 3.05) is 19.8 Å². The Balaban J connectivity index is 2.21. The number of nitrogens with one attached hydrogen (secondary N) is 1. The van der Waals surface area contributed by atoms with Gasteiger partial charge in [0.15, 0.2) is 0 Å². The third kappa shape index (κ3) is 2.29. The highest BCUT2D eigenvalue weighted by atomic mass is 16.1. The molecular weight excluding hydrogens is 216 g/mol. The van der Waals surface area contributed by atoms with Crippen LogP contribution >= 0.6 is 0 Å². The fourth-order valence-electron chi connectivity index (χ4n) is 3.30. The van der Waals surface area contributed by atoms with Crippen LogP contribution in [0, 0.1) is 5.92 Å². The molecule has 1 heterocycles. The van der Waals surface area contributed by atoms with Crippen LogP contribution in [0.1, 0.15) is 39.5 Å². The molecule has 2 fully saturated rings. The van der Waals surface area contributed by atoms with Crippen molar-refractivity contribution in [2.45, 2.75) is 45.1 Å². The molecule has 1 saturated heterocycles. The predicted molar refractivity (Wildman–Crippen MR) is 65.6 cm³/mol. The van der Waals surface area contributed by atoms with Crippen LogP contribution in [0.15, 0.2) is 0 Å². The molecule has 2 atom stereocenters. The molecule has 2 unspecified atom stereocenters. The van der Waals surface area contributed by atoms with Crippen molar-refractivity contribution in [3.63, 3.8) is 0 Å². The van der Waals surface area contributed by atoms with Crippen molar-refractivity contribution in [3.05, 3.63) is 0 Å². The molecule has 2 rings (SSSR count). The molecule has 0 aromatic heterocycles. The van der Waals surface area contributed by atoms with E-state index in [-0.39, 0.29) is 23.0 Å². The zero-order valence-corrected chi connectivity index (χ0v) is 10.8. The molecule has 4 nitrogen and oxygen atoms in total. The average Bonchev–Trinajstić information content (AvgIpc) is 2.82. The second-order valence-corrected chi connectivity index (χ2v) is 5.41. The van der Waals surface area contributed by atoms with Crippen molar-refractivity contribution < 1.29 is 9.59 Å². The maximum absolute atomic E-state index is 12.1. The van der Waals surface area contributed by atoms with Gasteiger partial charge >= 0.3 is 0 Å². The van der Waals surface area contributed by atoms with Crippen molar-refractivity contribution in [1.29, 1.82) is 0 Å². The van der Waals surface area contributed by atoms with Gasteiger partial charge < -0.3 is 5.32 Å². The maximum Gasteiger partial charge on any atom is 0.150 e. The summed E-state index contributed by atoms with van der Waals surface area (Å²) in [6.07, 6.45) is 3.57. The molecular formula is C13H22N2O2. The number of rotatable bonds is 3. The minimum atomic E-state index is -0.377. The van der Waals surface area contributed by atoms with Gasteiger partial charge in [-0.3, -0.25) is 14.5 Å². The Morgan fingerprint density at radius 2 is 2.12 bits per heavy atom. The number of nitrogens with zero attached hydrogens (tertiary/aromatic N) is 1. The summed E-state index contributed by atoms with van der Waals surface area (Å²) in [5.74, 6) is 0.544. The molecule has 1 saturated carbocycles.